The van der Waals surface area contributed by atoms with E-state index < -0.39 is 0 Å². The average Bonchev–Trinajstić information content (AvgIpc) is 2.90. The molecule has 1 N–H and O–H groups in total. The first kappa shape index (κ1) is 18.3. The average molecular weight is 309 g/mol. The van der Waals surface area contributed by atoms with Gasteiger partial charge >= 0.3 is 0 Å². The van der Waals surface area contributed by atoms with Gasteiger partial charge in [0.2, 0.25) is 0 Å². The lowest BCUT2D eigenvalue weighted by Gasteiger charge is -2.43. The van der Waals surface area contributed by atoms with E-state index in [4.69, 9.17) is 0 Å². The second kappa shape index (κ2) is 7.69. The van der Waals surface area contributed by atoms with Gasteiger partial charge in [-0.3, -0.25) is 0 Å². The Balaban J connectivity index is 1.58. The summed E-state index contributed by atoms with van der Waals surface area (Å²) < 4.78 is 0. The van der Waals surface area contributed by atoms with Gasteiger partial charge in [-0.05, 0) is 35.5 Å². The summed E-state index contributed by atoms with van der Waals surface area (Å²) in [6, 6.07) is 0. The van der Waals surface area contributed by atoms with Crippen molar-refractivity contribution < 1.29 is 5.11 Å². The molecule has 0 saturated heterocycles. The molecule has 4 atom stereocenters. The number of hydrogen-bond donors (Lipinski definition) is 1. The van der Waals surface area contributed by atoms with E-state index in [1.54, 1.807) is 0 Å². The lowest BCUT2D eigenvalue weighted by atomic mass is 9.65. The van der Waals surface area contributed by atoms with Crippen LogP contribution in [-0.4, -0.2) is 11.2 Å². The van der Waals surface area contributed by atoms with Gasteiger partial charge in [0.15, 0.2) is 0 Å². The minimum Gasteiger partial charge on any atom is -0.392 e. The zero-order valence-corrected chi connectivity index (χ0v) is 15.7. The van der Waals surface area contributed by atoms with Crippen molar-refractivity contribution in [3.63, 3.8) is 0 Å². The first-order valence-electron chi connectivity index (χ1n) is 10.1. The van der Waals surface area contributed by atoms with E-state index in [2.05, 4.69) is 27.7 Å². The van der Waals surface area contributed by atoms with Crippen LogP contribution in [0.2, 0.25) is 0 Å². The molecule has 2 rings (SSSR count). The number of unbranched alkanes of at least 4 members (excludes halogenated alkanes) is 8. The molecule has 22 heavy (non-hydrogen) atoms. The SMILES string of the molecule is CCCCCCCCCCCC1C[C@]2(C)C[C@@H]1C(C)(C)[C@H]2O. The molecule has 0 spiro atoms. The normalized spacial score (nSPS) is 36.1. The van der Waals surface area contributed by atoms with E-state index in [1.165, 1.54) is 77.0 Å². The van der Waals surface area contributed by atoms with Gasteiger partial charge in [0, 0.05) is 0 Å². The zero-order chi connectivity index (χ0) is 16.2. The van der Waals surface area contributed by atoms with E-state index in [9.17, 15) is 5.11 Å². The van der Waals surface area contributed by atoms with Gasteiger partial charge in [0.1, 0.15) is 0 Å². The van der Waals surface area contributed by atoms with Crippen LogP contribution < -0.4 is 0 Å². The van der Waals surface area contributed by atoms with Gasteiger partial charge in [-0.2, -0.15) is 0 Å². The van der Waals surface area contributed by atoms with Crippen molar-refractivity contribution in [1.29, 1.82) is 0 Å². The number of rotatable bonds is 10. The molecular weight excluding hydrogens is 268 g/mol. The Hall–Kier alpha value is -0.0400. The van der Waals surface area contributed by atoms with Crippen molar-refractivity contribution in [2.75, 3.05) is 0 Å². The Morgan fingerprint density at radius 2 is 1.36 bits per heavy atom. The van der Waals surface area contributed by atoms with Crippen molar-refractivity contribution in [2.24, 2.45) is 22.7 Å². The van der Waals surface area contributed by atoms with Gasteiger partial charge < -0.3 is 5.11 Å². The highest BCUT2D eigenvalue weighted by atomic mass is 16.3. The van der Waals surface area contributed by atoms with Gasteiger partial charge in [0.25, 0.3) is 0 Å². The molecule has 1 nitrogen and oxygen atoms in total. The van der Waals surface area contributed by atoms with Gasteiger partial charge in [0.05, 0.1) is 6.10 Å². The molecule has 0 aromatic carbocycles. The van der Waals surface area contributed by atoms with E-state index in [-0.39, 0.29) is 16.9 Å². The van der Waals surface area contributed by atoms with E-state index in [0.29, 0.717) is 0 Å². The summed E-state index contributed by atoms with van der Waals surface area (Å²) in [5.41, 5.74) is 0.370. The molecule has 0 radical (unpaired) electrons. The third-order valence-corrected chi connectivity index (χ3v) is 6.98. The molecule has 2 fully saturated rings. The molecule has 130 valence electrons. The molecule has 2 aliphatic carbocycles. The summed E-state index contributed by atoms with van der Waals surface area (Å²) in [5.74, 6) is 1.65. The molecule has 1 unspecified atom stereocenters. The first-order valence-corrected chi connectivity index (χ1v) is 10.1. The molecule has 2 saturated carbocycles. The lowest BCUT2D eigenvalue weighted by molar-refractivity contribution is -0.0546. The molecule has 2 bridgehead atoms. The maximum absolute atomic E-state index is 10.6. The quantitative estimate of drug-likeness (QED) is 0.467. The fraction of sp³-hybridized carbons (Fsp3) is 1.00. The Kier molecular flexibility index (Phi) is 6.39. The minimum atomic E-state index is -0.0793. The highest BCUT2D eigenvalue weighted by Gasteiger charge is 2.62. The van der Waals surface area contributed by atoms with Crippen LogP contribution in [0, 0.1) is 22.7 Å². The van der Waals surface area contributed by atoms with E-state index in [1.807, 2.05) is 0 Å². The summed E-state index contributed by atoms with van der Waals surface area (Å²) in [7, 11) is 0. The molecule has 0 aliphatic heterocycles. The smallest absolute Gasteiger partial charge is 0.0647 e. The highest BCUT2D eigenvalue weighted by Crippen LogP contribution is 2.65. The molecule has 0 aromatic rings. The van der Waals surface area contributed by atoms with E-state index >= 15 is 0 Å². The van der Waals surface area contributed by atoms with Crippen molar-refractivity contribution in [3.05, 3.63) is 0 Å². The largest absolute Gasteiger partial charge is 0.392 e. The first-order chi connectivity index (χ1) is 10.4. The van der Waals surface area contributed by atoms with Crippen LogP contribution in [0.4, 0.5) is 0 Å². The second-order valence-electron chi connectivity index (χ2n) is 9.27. The van der Waals surface area contributed by atoms with Crippen LogP contribution in [0.15, 0.2) is 0 Å². The van der Waals surface area contributed by atoms with Crippen LogP contribution in [0.1, 0.15) is 105 Å². The number of hydrogen-bond acceptors (Lipinski definition) is 1. The summed E-state index contributed by atoms with van der Waals surface area (Å²) in [5, 5.41) is 10.6. The van der Waals surface area contributed by atoms with Crippen LogP contribution >= 0.6 is 0 Å². The zero-order valence-electron chi connectivity index (χ0n) is 15.7. The highest BCUT2D eigenvalue weighted by molar-refractivity contribution is 5.11. The van der Waals surface area contributed by atoms with Gasteiger partial charge in [-0.1, -0.05) is 91.9 Å². The van der Waals surface area contributed by atoms with Crippen LogP contribution in [0.5, 0.6) is 0 Å². The third-order valence-electron chi connectivity index (χ3n) is 6.98. The van der Waals surface area contributed by atoms with Crippen LogP contribution in [0.25, 0.3) is 0 Å². The van der Waals surface area contributed by atoms with Gasteiger partial charge in [-0.15, -0.1) is 0 Å². The molecule has 0 aromatic heterocycles. The predicted octanol–water partition coefficient (Wildman–Crippen LogP) is 6.34. The second-order valence-corrected chi connectivity index (χ2v) is 9.27. The summed E-state index contributed by atoms with van der Waals surface area (Å²) in [6.45, 7) is 9.22. The standard InChI is InChI=1S/C21H40O/c1-5-6-7-8-9-10-11-12-13-14-17-15-21(4)16-18(17)20(2,3)19(21)22/h17-19,22H,5-16H2,1-4H3/t17?,18-,19+,21+/m0/s1. The third kappa shape index (κ3) is 3.89. The molecule has 1 heteroatoms. The summed E-state index contributed by atoms with van der Waals surface area (Å²) in [6.07, 6.45) is 16.7. The fourth-order valence-electron chi connectivity index (χ4n) is 5.71. The van der Waals surface area contributed by atoms with Crippen molar-refractivity contribution >= 4 is 0 Å². The molecule has 0 heterocycles. The van der Waals surface area contributed by atoms with Gasteiger partial charge in [-0.25, -0.2) is 0 Å². The number of fused-ring (bicyclic) bond motifs is 2. The number of aliphatic hydroxyl groups excluding tert-OH is 1. The monoisotopic (exact) mass is 308 g/mol. The minimum absolute atomic E-state index is 0.0793. The lowest BCUT2D eigenvalue weighted by Crippen LogP contribution is -2.43. The van der Waals surface area contributed by atoms with E-state index in [0.717, 1.165) is 11.8 Å². The predicted molar refractivity (Wildman–Crippen MR) is 96.0 cm³/mol. The topological polar surface area (TPSA) is 20.2 Å². The Morgan fingerprint density at radius 1 is 0.818 bits per heavy atom. The molecular formula is C21H40O. The Bertz CT molecular complexity index is 330. The van der Waals surface area contributed by atoms with Crippen LogP contribution in [-0.2, 0) is 0 Å². The fourth-order valence-corrected chi connectivity index (χ4v) is 5.71. The summed E-state index contributed by atoms with van der Waals surface area (Å²) >= 11 is 0. The van der Waals surface area contributed by atoms with Crippen molar-refractivity contribution in [3.8, 4) is 0 Å². The molecule has 2 aliphatic rings. The van der Waals surface area contributed by atoms with Crippen LogP contribution in [0.3, 0.4) is 0 Å². The summed E-state index contributed by atoms with van der Waals surface area (Å²) in [4.78, 5) is 0. The van der Waals surface area contributed by atoms with Crippen molar-refractivity contribution in [1.82, 2.24) is 0 Å². The van der Waals surface area contributed by atoms with Crippen molar-refractivity contribution in [2.45, 2.75) is 111 Å². The number of aliphatic hydroxyl groups is 1. The maximum atomic E-state index is 10.6. The Labute approximate surface area is 139 Å². The molecule has 0 amide bonds. The maximum Gasteiger partial charge on any atom is 0.0647 e. The Morgan fingerprint density at radius 3 is 1.86 bits per heavy atom.